The summed E-state index contributed by atoms with van der Waals surface area (Å²) >= 11 is 6.08. The number of rotatable bonds is 2. The maximum absolute atomic E-state index is 8.97. The molecule has 78 valence electrons. The number of fused-ring (bicyclic) bond motifs is 1. The minimum atomic E-state index is -0.0849. The molecule has 0 atom stereocenters. The average Bonchev–Trinajstić information content (AvgIpc) is 2.98. The highest BCUT2D eigenvalue weighted by Crippen LogP contribution is 2.39. The van der Waals surface area contributed by atoms with E-state index in [0.717, 1.165) is 5.69 Å². The molecule has 0 unspecified atom stereocenters. The maximum Gasteiger partial charge on any atom is 0.157 e. The van der Waals surface area contributed by atoms with Crippen molar-refractivity contribution in [2.75, 3.05) is 0 Å². The number of halogens is 1. The maximum atomic E-state index is 8.97. The zero-order chi connectivity index (χ0) is 10.4. The monoisotopic (exact) mass is 223 g/mol. The molecule has 0 saturated heterocycles. The van der Waals surface area contributed by atoms with Gasteiger partial charge in [0.25, 0.3) is 0 Å². The predicted molar refractivity (Wildman–Crippen MR) is 55.9 cm³/mol. The van der Waals surface area contributed by atoms with Crippen LogP contribution in [0, 0.1) is 0 Å². The van der Waals surface area contributed by atoms with E-state index >= 15 is 0 Å². The lowest BCUT2D eigenvalue weighted by atomic mass is 10.3. The topological polar surface area (TPSA) is 50.4 Å². The van der Waals surface area contributed by atoms with Crippen molar-refractivity contribution in [3.05, 3.63) is 28.7 Å². The smallest absolute Gasteiger partial charge is 0.157 e. The van der Waals surface area contributed by atoms with Crippen LogP contribution in [0.2, 0.25) is 5.15 Å². The van der Waals surface area contributed by atoms with Crippen LogP contribution in [-0.2, 0) is 6.61 Å². The second-order valence-electron chi connectivity index (χ2n) is 3.84. The summed E-state index contributed by atoms with van der Waals surface area (Å²) in [5.41, 5.74) is 2.35. The molecule has 1 N–H and O–H groups in total. The zero-order valence-corrected chi connectivity index (χ0v) is 8.78. The highest BCUT2D eigenvalue weighted by Gasteiger charge is 2.26. The molecule has 0 aromatic carbocycles. The van der Waals surface area contributed by atoms with E-state index in [0.29, 0.717) is 22.4 Å². The summed E-state index contributed by atoms with van der Waals surface area (Å²) in [5.74, 6) is 0.569. The van der Waals surface area contributed by atoms with Gasteiger partial charge >= 0.3 is 0 Å². The van der Waals surface area contributed by atoms with Gasteiger partial charge in [-0.3, -0.25) is 0 Å². The van der Waals surface area contributed by atoms with E-state index in [1.54, 1.807) is 10.6 Å². The molecule has 0 spiro atoms. The van der Waals surface area contributed by atoms with Crippen molar-refractivity contribution >= 4 is 17.2 Å². The van der Waals surface area contributed by atoms with E-state index < -0.39 is 0 Å². The number of hydrogen-bond acceptors (Lipinski definition) is 3. The summed E-state index contributed by atoms with van der Waals surface area (Å²) < 4.78 is 1.55. The molecular weight excluding hydrogens is 214 g/mol. The lowest BCUT2D eigenvalue weighted by molar-refractivity contribution is 0.276. The van der Waals surface area contributed by atoms with Gasteiger partial charge in [-0.1, -0.05) is 11.6 Å². The predicted octanol–water partition coefficient (Wildman–Crippen LogP) is 1.75. The van der Waals surface area contributed by atoms with Crippen LogP contribution >= 0.6 is 11.6 Å². The molecular formula is C10H10ClN3O. The van der Waals surface area contributed by atoms with Crippen molar-refractivity contribution in [2.45, 2.75) is 25.4 Å². The summed E-state index contributed by atoms with van der Waals surface area (Å²) in [5, 5.41) is 13.7. The fourth-order valence-electron chi connectivity index (χ4n) is 1.67. The second kappa shape index (κ2) is 3.18. The second-order valence-corrected chi connectivity index (χ2v) is 4.23. The first-order chi connectivity index (χ1) is 7.28. The van der Waals surface area contributed by atoms with Gasteiger partial charge in [0.15, 0.2) is 5.65 Å². The molecule has 4 nitrogen and oxygen atoms in total. The fourth-order valence-corrected chi connectivity index (χ4v) is 1.90. The van der Waals surface area contributed by atoms with Gasteiger partial charge in [0.2, 0.25) is 0 Å². The SMILES string of the molecule is OCc1cc2nc(C3CC3)cc(Cl)n2n1. The summed E-state index contributed by atoms with van der Waals surface area (Å²) in [4.78, 5) is 4.47. The van der Waals surface area contributed by atoms with E-state index in [9.17, 15) is 0 Å². The van der Waals surface area contributed by atoms with E-state index in [1.807, 2.05) is 6.07 Å². The number of aromatic nitrogens is 3. The molecule has 0 amide bonds. The quantitative estimate of drug-likeness (QED) is 0.790. The van der Waals surface area contributed by atoms with Crippen LogP contribution < -0.4 is 0 Å². The van der Waals surface area contributed by atoms with Crippen LogP contribution in [0.4, 0.5) is 0 Å². The summed E-state index contributed by atoms with van der Waals surface area (Å²) in [6.07, 6.45) is 2.39. The zero-order valence-electron chi connectivity index (χ0n) is 8.02. The number of aliphatic hydroxyl groups is 1. The minimum Gasteiger partial charge on any atom is -0.390 e. The fraction of sp³-hybridized carbons (Fsp3) is 0.400. The van der Waals surface area contributed by atoms with Gasteiger partial charge in [-0.2, -0.15) is 5.10 Å². The Balaban J connectivity index is 2.20. The molecule has 5 heteroatoms. The third kappa shape index (κ3) is 1.50. The molecule has 2 aromatic heterocycles. The Hall–Kier alpha value is -1.13. The Morgan fingerprint density at radius 1 is 1.47 bits per heavy atom. The number of aliphatic hydroxyl groups excluding tert-OH is 1. The molecule has 2 aromatic rings. The first-order valence-corrected chi connectivity index (χ1v) is 5.31. The van der Waals surface area contributed by atoms with Crippen molar-refractivity contribution in [1.82, 2.24) is 14.6 Å². The van der Waals surface area contributed by atoms with Crippen LogP contribution in [0.3, 0.4) is 0 Å². The Kier molecular flexibility index (Phi) is 1.94. The standard InChI is InChI=1S/C10H10ClN3O/c11-9-4-8(6-1-2-6)12-10-3-7(5-15)13-14(9)10/h3-4,6,15H,1-2,5H2. The van der Waals surface area contributed by atoms with Crippen molar-refractivity contribution < 1.29 is 5.11 Å². The van der Waals surface area contributed by atoms with E-state index in [2.05, 4.69) is 10.1 Å². The van der Waals surface area contributed by atoms with Crippen molar-refractivity contribution in [2.24, 2.45) is 0 Å². The molecule has 0 bridgehead atoms. The van der Waals surface area contributed by atoms with Crippen LogP contribution in [-0.4, -0.2) is 19.7 Å². The molecule has 0 aliphatic heterocycles. The third-order valence-corrected chi connectivity index (χ3v) is 2.88. The number of hydrogen-bond donors (Lipinski definition) is 1. The van der Waals surface area contributed by atoms with Crippen LogP contribution in [0.5, 0.6) is 0 Å². The molecule has 1 fully saturated rings. The first kappa shape index (κ1) is 9.12. The lowest BCUT2D eigenvalue weighted by Gasteiger charge is -2.00. The molecule has 0 radical (unpaired) electrons. The molecule has 1 saturated carbocycles. The molecule has 3 rings (SSSR count). The van der Waals surface area contributed by atoms with Gasteiger partial charge in [-0.25, -0.2) is 9.50 Å². The Labute approximate surface area is 91.5 Å². The van der Waals surface area contributed by atoms with Crippen molar-refractivity contribution in [3.63, 3.8) is 0 Å². The Bertz CT molecular complexity index is 519. The highest BCUT2D eigenvalue weighted by atomic mass is 35.5. The Morgan fingerprint density at radius 2 is 2.27 bits per heavy atom. The van der Waals surface area contributed by atoms with Gasteiger partial charge < -0.3 is 5.11 Å². The van der Waals surface area contributed by atoms with E-state index in [1.165, 1.54) is 12.8 Å². The van der Waals surface area contributed by atoms with Gasteiger partial charge in [0.05, 0.1) is 12.3 Å². The largest absolute Gasteiger partial charge is 0.390 e. The average molecular weight is 224 g/mol. The lowest BCUT2D eigenvalue weighted by Crippen LogP contribution is -1.96. The first-order valence-electron chi connectivity index (χ1n) is 4.94. The normalized spacial score (nSPS) is 16.1. The van der Waals surface area contributed by atoms with Gasteiger partial charge in [-0.05, 0) is 18.9 Å². The number of nitrogens with zero attached hydrogens (tertiary/aromatic N) is 3. The van der Waals surface area contributed by atoms with Gasteiger partial charge in [0.1, 0.15) is 5.15 Å². The molecule has 15 heavy (non-hydrogen) atoms. The van der Waals surface area contributed by atoms with Crippen LogP contribution in [0.25, 0.3) is 5.65 Å². The summed E-state index contributed by atoms with van der Waals surface area (Å²) in [7, 11) is 0. The summed E-state index contributed by atoms with van der Waals surface area (Å²) in [6.45, 7) is -0.0849. The van der Waals surface area contributed by atoms with E-state index in [4.69, 9.17) is 16.7 Å². The molecule has 1 aliphatic carbocycles. The minimum absolute atomic E-state index is 0.0849. The van der Waals surface area contributed by atoms with Crippen LogP contribution in [0.15, 0.2) is 12.1 Å². The van der Waals surface area contributed by atoms with Gasteiger partial charge in [-0.15, -0.1) is 0 Å². The van der Waals surface area contributed by atoms with Gasteiger partial charge in [0, 0.05) is 17.7 Å². The third-order valence-electron chi connectivity index (χ3n) is 2.61. The highest BCUT2D eigenvalue weighted by molar-refractivity contribution is 6.29. The van der Waals surface area contributed by atoms with Crippen molar-refractivity contribution in [3.8, 4) is 0 Å². The Morgan fingerprint density at radius 3 is 2.93 bits per heavy atom. The molecule has 2 heterocycles. The molecule has 1 aliphatic rings. The van der Waals surface area contributed by atoms with Crippen LogP contribution in [0.1, 0.15) is 30.1 Å². The summed E-state index contributed by atoms with van der Waals surface area (Å²) in [6, 6.07) is 3.62. The van der Waals surface area contributed by atoms with Crippen molar-refractivity contribution in [1.29, 1.82) is 0 Å². The van der Waals surface area contributed by atoms with E-state index in [-0.39, 0.29) is 6.61 Å².